The molecule has 6 heteroatoms. The lowest BCUT2D eigenvalue weighted by Crippen LogP contribution is -2.46. The van der Waals surface area contributed by atoms with Gasteiger partial charge in [0.05, 0.1) is 0 Å². The number of hydrogen-bond donors (Lipinski definition) is 0. The van der Waals surface area contributed by atoms with Gasteiger partial charge in [-0.3, -0.25) is 4.79 Å². The lowest BCUT2D eigenvalue weighted by Gasteiger charge is -2.35. The zero-order valence-electron chi connectivity index (χ0n) is 17.1. The molecule has 5 nitrogen and oxygen atoms in total. The molecule has 1 amide bonds. The summed E-state index contributed by atoms with van der Waals surface area (Å²) in [5.41, 5.74) is 0.976. The molecule has 1 aromatic carbocycles. The second-order valence-electron chi connectivity index (χ2n) is 8.03. The Balaban J connectivity index is 1.63. The van der Waals surface area contributed by atoms with Crippen LogP contribution in [0, 0.1) is 18.7 Å². The number of amides is 1. The van der Waals surface area contributed by atoms with Crippen molar-refractivity contribution >= 4 is 5.91 Å². The quantitative estimate of drug-likeness (QED) is 0.732. The van der Waals surface area contributed by atoms with Crippen LogP contribution in [0.2, 0.25) is 0 Å². The highest BCUT2D eigenvalue weighted by Gasteiger charge is 2.31. The van der Waals surface area contributed by atoms with Crippen molar-refractivity contribution in [3.05, 3.63) is 53.9 Å². The summed E-state index contributed by atoms with van der Waals surface area (Å²) >= 11 is 0. The Bertz CT molecular complexity index is 771. The smallest absolute Gasteiger partial charge is 0.224 e. The van der Waals surface area contributed by atoms with Crippen LogP contribution in [0.15, 0.2) is 36.7 Å². The van der Waals surface area contributed by atoms with Gasteiger partial charge in [0.2, 0.25) is 5.91 Å². The van der Waals surface area contributed by atoms with E-state index in [1.54, 1.807) is 12.1 Å². The van der Waals surface area contributed by atoms with E-state index in [1.807, 2.05) is 24.2 Å². The molecule has 1 aliphatic rings. The Hall–Kier alpha value is -2.21. The van der Waals surface area contributed by atoms with E-state index in [9.17, 15) is 9.18 Å². The van der Waals surface area contributed by atoms with Crippen molar-refractivity contribution in [2.24, 2.45) is 5.92 Å². The summed E-state index contributed by atoms with van der Waals surface area (Å²) in [5, 5.41) is 0. The first-order chi connectivity index (χ1) is 13.4. The molecular formula is C22H31FN4O. The molecule has 1 saturated heterocycles. The number of aromatic nitrogens is 2. The zero-order chi connectivity index (χ0) is 20.1. The molecule has 2 aromatic rings. The fourth-order valence-electron chi connectivity index (χ4n) is 3.91. The van der Waals surface area contributed by atoms with Gasteiger partial charge >= 0.3 is 0 Å². The molecule has 0 unspecified atom stereocenters. The van der Waals surface area contributed by atoms with E-state index in [-0.39, 0.29) is 17.8 Å². The van der Waals surface area contributed by atoms with Crippen LogP contribution in [0.3, 0.4) is 0 Å². The summed E-state index contributed by atoms with van der Waals surface area (Å²) in [5.74, 6) is 1.35. The van der Waals surface area contributed by atoms with Gasteiger partial charge in [0, 0.05) is 51.0 Å². The Morgan fingerprint density at radius 3 is 2.61 bits per heavy atom. The minimum atomic E-state index is -0.245. The van der Waals surface area contributed by atoms with Crippen LogP contribution in [-0.2, 0) is 17.9 Å². The van der Waals surface area contributed by atoms with Gasteiger partial charge in [-0.05, 0) is 43.5 Å². The summed E-state index contributed by atoms with van der Waals surface area (Å²) in [4.78, 5) is 21.6. The van der Waals surface area contributed by atoms with Crippen LogP contribution in [0.5, 0.6) is 0 Å². The SMILES string of the molecule is Cc1nccn1CCCN1CCC(=O)N(Cc2ccc(F)cc2)[C@@H](C(C)C)C1. The van der Waals surface area contributed by atoms with Crippen LogP contribution in [0.25, 0.3) is 0 Å². The third kappa shape index (κ3) is 5.19. The second-order valence-corrected chi connectivity index (χ2v) is 8.03. The van der Waals surface area contributed by atoms with Crippen LogP contribution in [0.4, 0.5) is 4.39 Å². The molecule has 2 heterocycles. The maximum absolute atomic E-state index is 13.2. The molecular weight excluding hydrogens is 355 g/mol. The first-order valence-electron chi connectivity index (χ1n) is 10.2. The van der Waals surface area contributed by atoms with E-state index >= 15 is 0 Å². The number of aryl methyl sites for hydroxylation is 2. The molecule has 0 radical (unpaired) electrons. The third-order valence-corrected chi connectivity index (χ3v) is 5.64. The number of carbonyl (C=O) groups excluding carboxylic acids is 1. The second kappa shape index (κ2) is 9.32. The zero-order valence-corrected chi connectivity index (χ0v) is 17.1. The molecule has 1 aliphatic heterocycles. The monoisotopic (exact) mass is 386 g/mol. The predicted molar refractivity (Wildman–Crippen MR) is 108 cm³/mol. The molecule has 0 bridgehead atoms. The van der Waals surface area contributed by atoms with Crippen LogP contribution in [-0.4, -0.2) is 50.9 Å². The number of benzene rings is 1. The van der Waals surface area contributed by atoms with Gasteiger partial charge in [-0.1, -0.05) is 26.0 Å². The van der Waals surface area contributed by atoms with Crippen molar-refractivity contribution in [2.45, 2.75) is 52.7 Å². The topological polar surface area (TPSA) is 41.4 Å². The van der Waals surface area contributed by atoms with Crippen LogP contribution >= 0.6 is 0 Å². The van der Waals surface area contributed by atoms with Crippen LogP contribution in [0.1, 0.15) is 38.1 Å². The minimum absolute atomic E-state index is 0.162. The number of imidazole rings is 1. The largest absolute Gasteiger partial charge is 0.335 e. The fourth-order valence-corrected chi connectivity index (χ4v) is 3.91. The molecule has 3 rings (SSSR count). The first kappa shape index (κ1) is 20.5. The average Bonchev–Trinajstić information content (AvgIpc) is 3.00. The summed E-state index contributed by atoms with van der Waals surface area (Å²) in [6.07, 6.45) is 5.42. The van der Waals surface area contributed by atoms with Gasteiger partial charge in [0.1, 0.15) is 11.6 Å². The highest BCUT2D eigenvalue weighted by Crippen LogP contribution is 2.21. The van der Waals surface area contributed by atoms with Gasteiger partial charge in [0.15, 0.2) is 0 Å². The van der Waals surface area contributed by atoms with Gasteiger partial charge in [-0.15, -0.1) is 0 Å². The van der Waals surface area contributed by atoms with Crippen molar-refractivity contribution in [3.63, 3.8) is 0 Å². The fraction of sp³-hybridized carbons (Fsp3) is 0.545. The van der Waals surface area contributed by atoms with E-state index in [0.29, 0.717) is 18.9 Å². The minimum Gasteiger partial charge on any atom is -0.335 e. The van der Waals surface area contributed by atoms with Crippen molar-refractivity contribution in [1.82, 2.24) is 19.4 Å². The molecule has 0 aliphatic carbocycles. The van der Waals surface area contributed by atoms with Crippen molar-refractivity contribution < 1.29 is 9.18 Å². The molecule has 152 valence electrons. The number of halogens is 1. The summed E-state index contributed by atoms with van der Waals surface area (Å²) < 4.78 is 15.4. The van der Waals surface area contributed by atoms with E-state index in [1.165, 1.54) is 12.1 Å². The molecule has 0 saturated carbocycles. The Morgan fingerprint density at radius 1 is 1.21 bits per heavy atom. The van der Waals surface area contributed by atoms with Crippen molar-refractivity contribution in [3.8, 4) is 0 Å². The molecule has 0 spiro atoms. The van der Waals surface area contributed by atoms with E-state index < -0.39 is 0 Å². The predicted octanol–water partition coefficient (Wildman–Crippen LogP) is 3.48. The standard InChI is InChI=1S/C22H31FN4O/c1-17(2)21-16-25(11-4-12-26-14-10-24-18(26)3)13-9-22(28)27(21)15-19-5-7-20(23)8-6-19/h5-8,10,14,17,21H,4,9,11-13,15-16H2,1-3H3/t21-/m1/s1. The maximum atomic E-state index is 13.2. The van der Waals surface area contributed by atoms with E-state index in [4.69, 9.17) is 0 Å². The molecule has 28 heavy (non-hydrogen) atoms. The van der Waals surface area contributed by atoms with Gasteiger partial charge in [-0.2, -0.15) is 0 Å². The molecule has 1 aromatic heterocycles. The third-order valence-electron chi connectivity index (χ3n) is 5.64. The summed E-state index contributed by atoms with van der Waals surface area (Å²) in [6.45, 7) is 10.5. The van der Waals surface area contributed by atoms with Gasteiger partial charge < -0.3 is 14.4 Å². The Morgan fingerprint density at radius 2 is 1.96 bits per heavy atom. The average molecular weight is 387 g/mol. The normalized spacial score (nSPS) is 18.7. The molecule has 1 atom stereocenters. The lowest BCUT2D eigenvalue weighted by molar-refractivity contribution is -0.134. The van der Waals surface area contributed by atoms with Gasteiger partial charge in [0.25, 0.3) is 0 Å². The number of nitrogens with zero attached hydrogens (tertiary/aromatic N) is 4. The number of carbonyl (C=O) groups is 1. The molecule has 1 fully saturated rings. The summed E-state index contributed by atoms with van der Waals surface area (Å²) in [7, 11) is 0. The highest BCUT2D eigenvalue weighted by atomic mass is 19.1. The Kier molecular flexibility index (Phi) is 6.83. The lowest BCUT2D eigenvalue weighted by atomic mass is 10.0. The van der Waals surface area contributed by atoms with Crippen LogP contribution < -0.4 is 0 Å². The Labute approximate surface area is 167 Å². The van der Waals surface area contributed by atoms with E-state index in [2.05, 4.69) is 28.3 Å². The number of rotatable bonds is 7. The number of hydrogen-bond acceptors (Lipinski definition) is 3. The van der Waals surface area contributed by atoms with Crippen molar-refractivity contribution in [1.29, 1.82) is 0 Å². The van der Waals surface area contributed by atoms with Crippen molar-refractivity contribution in [2.75, 3.05) is 19.6 Å². The van der Waals surface area contributed by atoms with E-state index in [0.717, 1.165) is 44.0 Å². The summed E-state index contributed by atoms with van der Waals surface area (Å²) in [6, 6.07) is 6.64. The van der Waals surface area contributed by atoms with Gasteiger partial charge in [-0.25, -0.2) is 9.37 Å². The molecule has 0 N–H and O–H groups in total. The highest BCUT2D eigenvalue weighted by molar-refractivity contribution is 5.77. The first-order valence-corrected chi connectivity index (χ1v) is 10.2. The maximum Gasteiger partial charge on any atom is 0.224 e.